The van der Waals surface area contributed by atoms with E-state index in [1.165, 1.54) is 37.6 Å². The maximum absolute atomic E-state index is 12.4. The van der Waals surface area contributed by atoms with Crippen LogP contribution in [0, 0.1) is 10.1 Å². The van der Waals surface area contributed by atoms with Gasteiger partial charge in [-0.2, -0.15) is 5.10 Å². The van der Waals surface area contributed by atoms with Gasteiger partial charge < -0.3 is 4.84 Å². The number of nitro groups is 1. The van der Waals surface area contributed by atoms with E-state index in [1.807, 2.05) is 0 Å². The number of carbonyl (C=O) groups is 1. The van der Waals surface area contributed by atoms with Crippen molar-refractivity contribution in [3.63, 3.8) is 0 Å². The van der Waals surface area contributed by atoms with Gasteiger partial charge in [-0.15, -0.1) is 0 Å². The van der Waals surface area contributed by atoms with E-state index in [2.05, 4.69) is 20.5 Å². The summed E-state index contributed by atoms with van der Waals surface area (Å²) in [6.45, 7) is 0. The molecule has 0 aromatic heterocycles. The Bertz CT molecular complexity index is 770. The van der Waals surface area contributed by atoms with Gasteiger partial charge >= 0.3 is 0 Å². The third kappa shape index (κ3) is 4.47. The average Bonchev–Trinajstić information content (AvgIpc) is 2.62. The van der Waals surface area contributed by atoms with Crippen LogP contribution in [-0.4, -0.2) is 29.7 Å². The number of nitrogens with zero attached hydrogens (tertiary/aromatic N) is 3. The third-order valence-corrected chi connectivity index (χ3v) is 2.93. The van der Waals surface area contributed by atoms with Crippen molar-refractivity contribution in [3.05, 3.63) is 70.3 Å². The van der Waals surface area contributed by atoms with Crippen LogP contribution in [0.1, 0.15) is 10.4 Å². The molecule has 0 bridgehead atoms. The molecule has 2 aromatic rings. The summed E-state index contributed by atoms with van der Waals surface area (Å²) < 4.78 is 0. The quantitative estimate of drug-likeness (QED) is 0.364. The van der Waals surface area contributed by atoms with E-state index in [0.717, 1.165) is 0 Å². The summed E-state index contributed by atoms with van der Waals surface area (Å²) in [6, 6.07) is 14.2. The Balaban J connectivity index is 2.21. The van der Waals surface area contributed by atoms with Crippen LogP contribution in [0.25, 0.3) is 0 Å². The predicted octanol–water partition coefficient (Wildman–Crippen LogP) is 2.88. The molecule has 0 aliphatic rings. The van der Waals surface area contributed by atoms with E-state index in [0.29, 0.717) is 11.3 Å². The molecule has 0 saturated heterocycles. The molecule has 24 heavy (non-hydrogen) atoms. The highest BCUT2D eigenvalue weighted by molar-refractivity contribution is 6.64. The zero-order valence-corrected chi connectivity index (χ0v) is 12.7. The standard InChI is InChI=1S/C16H14N4O4/c1-24-17-11-15(16(21)12-5-3-2-4-6-12)19-18-13-7-9-14(10-8-13)20(22)23/h2-11,18H,1H3/b17-11-,19-15-. The summed E-state index contributed by atoms with van der Waals surface area (Å²) in [5.41, 5.74) is 3.60. The predicted molar refractivity (Wildman–Crippen MR) is 90.4 cm³/mol. The van der Waals surface area contributed by atoms with Crippen molar-refractivity contribution in [2.45, 2.75) is 0 Å². The number of Topliss-reactive ketones (excluding diaryl/α,β-unsaturated/α-hetero) is 1. The fourth-order valence-electron chi connectivity index (χ4n) is 1.76. The number of nitrogens with one attached hydrogen (secondary N) is 1. The SMILES string of the molecule is CO/N=C\C(=N\Nc1ccc([N+](=O)[O-])cc1)C(=O)c1ccccc1. The lowest BCUT2D eigenvalue weighted by Gasteiger charge is -2.03. The Morgan fingerprint density at radius 3 is 2.42 bits per heavy atom. The number of hydrogen-bond donors (Lipinski definition) is 1. The zero-order chi connectivity index (χ0) is 17.4. The molecule has 0 aliphatic carbocycles. The summed E-state index contributed by atoms with van der Waals surface area (Å²) >= 11 is 0. The van der Waals surface area contributed by atoms with Crippen molar-refractivity contribution in [1.29, 1.82) is 0 Å². The molecule has 0 fully saturated rings. The van der Waals surface area contributed by atoms with Crippen molar-refractivity contribution in [1.82, 2.24) is 0 Å². The van der Waals surface area contributed by atoms with Crippen molar-refractivity contribution >= 4 is 29.1 Å². The van der Waals surface area contributed by atoms with Crippen LogP contribution in [0.5, 0.6) is 0 Å². The molecule has 0 atom stereocenters. The molecule has 8 heteroatoms. The number of hydrogen-bond acceptors (Lipinski definition) is 7. The average molecular weight is 326 g/mol. The van der Waals surface area contributed by atoms with E-state index in [4.69, 9.17) is 0 Å². The maximum atomic E-state index is 12.4. The third-order valence-electron chi connectivity index (χ3n) is 2.93. The van der Waals surface area contributed by atoms with Gasteiger partial charge in [0.1, 0.15) is 7.11 Å². The molecule has 0 aliphatic heterocycles. The van der Waals surface area contributed by atoms with E-state index in [1.54, 1.807) is 30.3 Å². The molecule has 2 rings (SSSR count). The highest BCUT2D eigenvalue weighted by Gasteiger charge is 2.12. The molecule has 2 aromatic carbocycles. The van der Waals surface area contributed by atoms with Crippen molar-refractivity contribution in [2.75, 3.05) is 12.5 Å². The summed E-state index contributed by atoms with van der Waals surface area (Å²) in [7, 11) is 1.35. The molecule has 0 radical (unpaired) electrons. The lowest BCUT2D eigenvalue weighted by molar-refractivity contribution is -0.384. The second-order valence-corrected chi connectivity index (χ2v) is 4.53. The minimum atomic E-state index is -0.497. The fraction of sp³-hybridized carbons (Fsp3) is 0.0625. The van der Waals surface area contributed by atoms with Crippen LogP contribution in [0.15, 0.2) is 64.9 Å². The number of carbonyl (C=O) groups excluding carboxylic acids is 1. The molecular weight excluding hydrogens is 312 g/mol. The van der Waals surface area contributed by atoms with E-state index >= 15 is 0 Å². The lowest BCUT2D eigenvalue weighted by atomic mass is 10.1. The fourth-order valence-corrected chi connectivity index (χ4v) is 1.76. The van der Waals surface area contributed by atoms with Crippen LogP contribution in [0.2, 0.25) is 0 Å². The van der Waals surface area contributed by atoms with Gasteiger partial charge in [0.25, 0.3) is 5.69 Å². The molecule has 1 N–H and O–H groups in total. The molecule has 0 unspecified atom stereocenters. The number of anilines is 1. The molecule has 0 amide bonds. The van der Waals surface area contributed by atoms with E-state index < -0.39 is 4.92 Å². The molecule has 122 valence electrons. The van der Waals surface area contributed by atoms with Gasteiger partial charge in [0.15, 0.2) is 5.71 Å². The second-order valence-electron chi connectivity index (χ2n) is 4.53. The lowest BCUT2D eigenvalue weighted by Crippen LogP contribution is -2.17. The number of ketones is 1. The monoisotopic (exact) mass is 326 g/mol. The smallest absolute Gasteiger partial charge is 0.269 e. The zero-order valence-electron chi connectivity index (χ0n) is 12.7. The van der Waals surface area contributed by atoms with Crippen molar-refractivity contribution in [2.24, 2.45) is 10.3 Å². The first-order valence-electron chi connectivity index (χ1n) is 6.86. The van der Waals surface area contributed by atoms with Gasteiger partial charge in [-0.25, -0.2) is 0 Å². The van der Waals surface area contributed by atoms with Gasteiger partial charge in [0, 0.05) is 17.7 Å². The Labute approximate surface area is 137 Å². The summed E-state index contributed by atoms with van der Waals surface area (Å²) in [5, 5.41) is 18.2. The van der Waals surface area contributed by atoms with Gasteiger partial charge in [-0.1, -0.05) is 35.5 Å². The van der Waals surface area contributed by atoms with Gasteiger partial charge in [-0.3, -0.25) is 20.3 Å². The Hall–Kier alpha value is -3.55. The van der Waals surface area contributed by atoms with Crippen molar-refractivity contribution < 1.29 is 14.6 Å². The van der Waals surface area contributed by atoms with Crippen LogP contribution in [0.3, 0.4) is 0 Å². The Kier molecular flexibility index (Phi) is 5.73. The first-order chi connectivity index (χ1) is 11.6. The first-order valence-corrected chi connectivity index (χ1v) is 6.86. The Morgan fingerprint density at radius 1 is 1.17 bits per heavy atom. The maximum Gasteiger partial charge on any atom is 0.269 e. The summed E-state index contributed by atoms with van der Waals surface area (Å²) in [5.74, 6) is -0.342. The minimum absolute atomic E-state index is 0.0291. The molecule has 0 saturated carbocycles. The number of nitro benzene ring substituents is 1. The number of oxime groups is 1. The van der Waals surface area contributed by atoms with E-state index in [9.17, 15) is 14.9 Å². The van der Waals surface area contributed by atoms with Crippen LogP contribution < -0.4 is 5.43 Å². The highest BCUT2D eigenvalue weighted by atomic mass is 16.6. The molecule has 0 heterocycles. The Morgan fingerprint density at radius 2 is 1.83 bits per heavy atom. The molecule has 0 spiro atoms. The van der Waals surface area contributed by atoms with E-state index in [-0.39, 0.29) is 17.2 Å². The normalized spacial score (nSPS) is 11.3. The highest BCUT2D eigenvalue weighted by Crippen LogP contribution is 2.15. The number of rotatable bonds is 7. The summed E-state index contributed by atoms with van der Waals surface area (Å²) in [4.78, 5) is 27.1. The van der Waals surface area contributed by atoms with Crippen LogP contribution in [-0.2, 0) is 4.84 Å². The van der Waals surface area contributed by atoms with Gasteiger partial charge in [-0.05, 0) is 12.1 Å². The largest absolute Gasteiger partial charge is 0.399 e. The minimum Gasteiger partial charge on any atom is -0.399 e. The topological polar surface area (TPSA) is 106 Å². The first kappa shape index (κ1) is 16.8. The van der Waals surface area contributed by atoms with Gasteiger partial charge in [0.05, 0.1) is 16.8 Å². The van der Waals surface area contributed by atoms with Crippen molar-refractivity contribution in [3.8, 4) is 0 Å². The second kappa shape index (κ2) is 8.18. The van der Waals surface area contributed by atoms with Gasteiger partial charge in [0.2, 0.25) is 5.78 Å². The van der Waals surface area contributed by atoms with Crippen LogP contribution in [0.4, 0.5) is 11.4 Å². The summed E-state index contributed by atoms with van der Waals surface area (Å²) in [6.07, 6.45) is 1.19. The number of benzene rings is 2. The number of non-ortho nitro benzene ring substituents is 1. The molecule has 8 nitrogen and oxygen atoms in total. The van der Waals surface area contributed by atoms with Crippen LogP contribution >= 0.6 is 0 Å². The number of hydrazone groups is 1. The molecular formula is C16H14N4O4.